The Balaban J connectivity index is 1.50. The van der Waals surface area contributed by atoms with Gasteiger partial charge in [-0.15, -0.1) is 0 Å². The largest absolute Gasteiger partial charge is 0.312 e. The Morgan fingerprint density at radius 2 is 1.69 bits per heavy atom. The Morgan fingerprint density at radius 1 is 0.931 bits per heavy atom. The average molecular weight is 383 g/mol. The van der Waals surface area contributed by atoms with Crippen molar-refractivity contribution < 1.29 is 0 Å². The average Bonchev–Trinajstić information content (AvgIpc) is 3.18. The Kier molecular flexibility index (Phi) is 6.13. The van der Waals surface area contributed by atoms with E-state index in [1.165, 1.54) is 16.7 Å². The Morgan fingerprint density at radius 3 is 2.41 bits per heavy atom. The van der Waals surface area contributed by atoms with Crippen molar-refractivity contribution in [2.24, 2.45) is 0 Å². The highest BCUT2D eigenvalue weighted by atomic mass is 15.3. The van der Waals surface area contributed by atoms with Crippen LogP contribution in [0.4, 0.5) is 0 Å². The fourth-order valence-corrected chi connectivity index (χ4v) is 3.51. The molecule has 4 aromatic rings. The minimum atomic E-state index is 0.456. The number of nitrogens with one attached hydrogen (secondary N) is 1. The summed E-state index contributed by atoms with van der Waals surface area (Å²) in [5, 5.41) is 8.48. The topological polar surface area (TPSA) is 42.7 Å². The summed E-state index contributed by atoms with van der Waals surface area (Å²) in [5.41, 5.74) is 5.83. The van der Waals surface area contributed by atoms with Crippen molar-refractivity contribution in [3.63, 3.8) is 0 Å². The maximum atomic E-state index is 4.87. The van der Waals surface area contributed by atoms with Gasteiger partial charge in [0.25, 0.3) is 0 Å². The molecular weight excluding hydrogens is 356 g/mol. The molecule has 4 nitrogen and oxygen atoms in total. The predicted molar refractivity (Wildman–Crippen MR) is 118 cm³/mol. The van der Waals surface area contributed by atoms with Crippen molar-refractivity contribution in [2.75, 3.05) is 6.54 Å². The van der Waals surface area contributed by atoms with E-state index in [9.17, 15) is 0 Å². The van der Waals surface area contributed by atoms with Crippen molar-refractivity contribution in [1.29, 1.82) is 0 Å². The standard InChI is InChI=1S/C25H26N4/c1-20(22-11-6-3-7-12-22)15-27-17-24-19-29(18-21-9-4-2-5-10-21)28-25(24)23-13-8-14-26-16-23/h2-14,16,19-20,27H,15,17-18H2,1H3/t20-/m1/s1. The number of hydrogen-bond donors (Lipinski definition) is 1. The summed E-state index contributed by atoms with van der Waals surface area (Å²) in [6, 6.07) is 25.1. The molecule has 0 bridgehead atoms. The van der Waals surface area contributed by atoms with Crippen LogP contribution in [0.5, 0.6) is 0 Å². The maximum Gasteiger partial charge on any atom is 0.0983 e. The number of nitrogens with zero attached hydrogens (tertiary/aromatic N) is 3. The van der Waals surface area contributed by atoms with E-state index in [1.54, 1.807) is 6.20 Å². The number of rotatable bonds is 8. The molecule has 0 spiro atoms. The molecule has 0 radical (unpaired) electrons. The summed E-state index contributed by atoms with van der Waals surface area (Å²) < 4.78 is 2.02. The van der Waals surface area contributed by atoms with Crippen LogP contribution in [0.25, 0.3) is 11.3 Å². The molecule has 146 valence electrons. The van der Waals surface area contributed by atoms with E-state index in [2.05, 4.69) is 84.1 Å². The van der Waals surface area contributed by atoms with Gasteiger partial charge in [0.2, 0.25) is 0 Å². The van der Waals surface area contributed by atoms with Crippen molar-refractivity contribution in [1.82, 2.24) is 20.1 Å². The minimum absolute atomic E-state index is 0.456. The SMILES string of the molecule is C[C@H](CNCc1cn(Cc2ccccc2)nc1-c1cccnc1)c1ccccc1. The predicted octanol–water partition coefficient (Wildman–Crippen LogP) is 4.89. The van der Waals surface area contributed by atoms with Crippen LogP contribution in [-0.4, -0.2) is 21.3 Å². The van der Waals surface area contributed by atoms with Crippen molar-refractivity contribution in [3.8, 4) is 11.3 Å². The Hall–Kier alpha value is -3.24. The molecule has 2 aromatic heterocycles. The summed E-state index contributed by atoms with van der Waals surface area (Å²) in [7, 11) is 0. The second-order valence-electron chi connectivity index (χ2n) is 7.37. The molecule has 0 unspecified atom stereocenters. The molecule has 1 atom stereocenters. The summed E-state index contributed by atoms with van der Waals surface area (Å²) in [5.74, 6) is 0.456. The first-order valence-electron chi connectivity index (χ1n) is 10.1. The summed E-state index contributed by atoms with van der Waals surface area (Å²) in [4.78, 5) is 4.27. The van der Waals surface area contributed by atoms with E-state index in [0.717, 1.165) is 30.9 Å². The van der Waals surface area contributed by atoms with Crippen LogP contribution in [-0.2, 0) is 13.1 Å². The van der Waals surface area contributed by atoms with Gasteiger partial charge in [-0.25, -0.2) is 0 Å². The fraction of sp³-hybridized carbons (Fsp3) is 0.200. The van der Waals surface area contributed by atoms with Gasteiger partial charge < -0.3 is 5.32 Å². The molecule has 0 amide bonds. The monoisotopic (exact) mass is 382 g/mol. The molecule has 0 aliphatic carbocycles. The van der Waals surface area contributed by atoms with Gasteiger partial charge in [-0.1, -0.05) is 67.6 Å². The van der Waals surface area contributed by atoms with Gasteiger partial charge in [0, 0.05) is 42.8 Å². The molecule has 4 heteroatoms. The maximum absolute atomic E-state index is 4.87. The van der Waals surface area contributed by atoms with E-state index in [0.29, 0.717) is 5.92 Å². The molecule has 0 saturated heterocycles. The van der Waals surface area contributed by atoms with Crippen LogP contribution in [0.3, 0.4) is 0 Å². The van der Waals surface area contributed by atoms with Crippen LogP contribution >= 0.6 is 0 Å². The number of benzene rings is 2. The quantitative estimate of drug-likeness (QED) is 0.472. The normalized spacial score (nSPS) is 12.0. The van der Waals surface area contributed by atoms with Gasteiger partial charge in [0.1, 0.15) is 0 Å². The van der Waals surface area contributed by atoms with Gasteiger partial charge in [-0.05, 0) is 29.2 Å². The van der Waals surface area contributed by atoms with Gasteiger partial charge in [0.05, 0.1) is 12.2 Å². The Labute approximate surface area is 172 Å². The molecule has 4 rings (SSSR count). The van der Waals surface area contributed by atoms with Crippen LogP contribution in [0.2, 0.25) is 0 Å². The number of hydrogen-bond acceptors (Lipinski definition) is 3. The first-order valence-corrected chi connectivity index (χ1v) is 10.1. The molecule has 2 heterocycles. The highest BCUT2D eigenvalue weighted by Gasteiger charge is 2.12. The number of pyridine rings is 1. The lowest BCUT2D eigenvalue weighted by molar-refractivity contribution is 0.614. The van der Waals surface area contributed by atoms with Gasteiger partial charge in [0.15, 0.2) is 0 Å². The van der Waals surface area contributed by atoms with Gasteiger partial charge in [-0.2, -0.15) is 5.10 Å². The van der Waals surface area contributed by atoms with Crippen molar-refractivity contribution in [3.05, 3.63) is 108 Å². The van der Waals surface area contributed by atoms with Crippen molar-refractivity contribution in [2.45, 2.75) is 25.9 Å². The first kappa shape index (κ1) is 19.1. The van der Waals surface area contributed by atoms with Crippen LogP contribution < -0.4 is 5.32 Å². The third kappa shape index (κ3) is 4.98. The fourth-order valence-electron chi connectivity index (χ4n) is 3.51. The highest BCUT2D eigenvalue weighted by Crippen LogP contribution is 2.22. The third-order valence-electron chi connectivity index (χ3n) is 5.09. The summed E-state index contributed by atoms with van der Waals surface area (Å²) in [6.07, 6.45) is 5.82. The zero-order valence-corrected chi connectivity index (χ0v) is 16.7. The van der Waals surface area contributed by atoms with Crippen molar-refractivity contribution >= 4 is 0 Å². The minimum Gasteiger partial charge on any atom is -0.312 e. The summed E-state index contributed by atoms with van der Waals surface area (Å²) >= 11 is 0. The third-order valence-corrected chi connectivity index (χ3v) is 5.09. The lowest BCUT2D eigenvalue weighted by Crippen LogP contribution is -2.19. The van der Waals surface area contributed by atoms with Gasteiger partial charge in [-0.3, -0.25) is 9.67 Å². The molecule has 1 N–H and O–H groups in total. The lowest BCUT2D eigenvalue weighted by Gasteiger charge is -2.13. The zero-order chi connectivity index (χ0) is 19.9. The van der Waals surface area contributed by atoms with Crippen LogP contribution in [0.1, 0.15) is 29.5 Å². The van der Waals surface area contributed by atoms with Crippen LogP contribution in [0.15, 0.2) is 91.4 Å². The molecule has 2 aromatic carbocycles. The zero-order valence-electron chi connectivity index (χ0n) is 16.7. The second-order valence-corrected chi connectivity index (χ2v) is 7.37. The Bertz CT molecular complexity index is 1010. The smallest absolute Gasteiger partial charge is 0.0983 e. The van der Waals surface area contributed by atoms with E-state index < -0.39 is 0 Å². The molecule has 0 saturated carbocycles. The van der Waals surface area contributed by atoms with Crippen LogP contribution in [0, 0.1) is 0 Å². The lowest BCUT2D eigenvalue weighted by atomic mass is 10.0. The molecule has 0 aliphatic heterocycles. The number of aromatic nitrogens is 3. The molecular formula is C25H26N4. The van der Waals surface area contributed by atoms with E-state index in [4.69, 9.17) is 5.10 Å². The van der Waals surface area contributed by atoms with Gasteiger partial charge >= 0.3 is 0 Å². The molecule has 0 aliphatic rings. The van der Waals surface area contributed by atoms with E-state index in [1.807, 2.05) is 23.0 Å². The second kappa shape index (κ2) is 9.30. The molecule has 29 heavy (non-hydrogen) atoms. The van der Waals surface area contributed by atoms with E-state index in [-0.39, 0.29) is 0 Å². The highest BCUT2D eigenvalue weighted by molar-refractivity contribution is 5.61. The summed E-state index contributed by atoms with van der Waals surface area (Å²) in [6.45, 7) is 4.70. The van der Waals surface area contributed by atoms with E-state index >= 15 is 0 Å². The molecule has 0 fully saturated rings. The first-order chi connectivity index (χ1) is 14.3.